The zero-order valence-corrected chi connectivity index (χ0v) is 11.9. The molecule has 0 bridgehead atoms. The molecule has 0 fully saturated rings. The van der Waals surface area contributed by atoms with E-state index in [0.717, 1.165) is 12.0 Å². The Balaban J connectivity index is 2.59. The fourth-order valence-electron chi connectivity index (χ4n) is 1.80. The summed E-state index contributed by atoms with van der Waals surface area (Å²) >= 11 is 0. The van der Waals surface area contributed by atoms with Crippen LogP contribution in [0.2, 0.25) is 0 Å². The van der Waals surface area contributed by atoms with Gasteiger partial charge in [-0.3, -0.25) is 4.79 Å². The Morgan fingerprint density at radius 3 is 2.40 bits per heavy atom. The molecule has 0 unspecified atom stereocenters. The minimum absolute atomic E-state index is 0.384. The average molecular weight is 275 g/mol. The molecule has 1 aromatic rings. The molecule has 0 radical (unpaired) electrons. The molecule has 4 nitrogen and oxygen atoms in total. The molecule has 0 saturated carbocycles. The molecule has 0 heterocycles. The zero-order valence-electron chi connectivity index (χ0n) is 11.9. The maximum absolute atomic E-state index is 11.7. The highest BCUT2D eigenvalue weighted by Crippen LogP contribution is 2.06. The summed E-state index contributed by atoms with van der Waals surface area (Å²) < 4.78 is 0. The van der Waals surface area contributed by atoms with E-state index in [1.807, 2.05) is 31.2 Å². The van der Waals surface area contributed by atoms with Crippen molar-refractivity contribution in [2.75, 3.05) is 0 Å². The van der Waals surface area contributed by atoms with Crippen molar-refractivity contribution >= 4 is 18.0 Å². The minimum atomic E-state index is -0.999. The molecule has 20 heavy (non-hydrogen) atoms. The van der Waals surface area contributed by atoms with E-state index < -0.39 is 12.0 Å². The van der Waals surface area contributed by atoms with E-state index in [-0.39, 0.29) is 5.91 Å². The van der Waals surface area contributed by atoms with Crippen molar-refractivity contribution < 1.29 is 14.7 Å². The van der Waals surface area contributed by atoms with Gasteiger partial charge in [0, 0.05) is 6.08 Å². The highest BCUT2D eigenvalue weighted by Gasteiger charge is 2.17. The molecule has 0 aromatic heterocycles. The van der Waals surface area contributed by atoms with E-state index in [2.05, 4.69) is 12.2 Å². The summed E-state index contributed by atoms with van der Waals surface area (Å²) in [6, 6.07) is 7.07. The SMILES string of the molecule is CCC[C@@H](NC(=O)/C=C/c1ccc(CC)cc1)C(=O)O. The van der Waals surface area contributed by atoms with E-state index in [4.69, 9.17) is 5.11 Å². The van der Waals surface area contributed by atoms with E-state index in [0.29, 0.717) is 12.8 Å². The smallest absolute Gasteiger partial charge is 0.326 e. The lowest BCUT2D eigenvalue weighted by Gasteiger charge is -2.11. The molecule has 0 aliphatic carbocycles. The van der Waals surface area contributed by atoms with Gasteiger partial charge in [-0.25, -0.2) is 4.79 Å². The first-order valence-corrected chi connectivity index (χ1v) is 6.87. The highest BCUT2D eigenvalue weighted by molar-refractivity contribution is 5.94. The number of carboxylic acid groups (broad SMARTS) is 1. The van der Waals surface area contributed by atoms with Crippen LogP contribution in [0.25, 0.3) is 6.08 Å². The predicted octanol–water partition coefficient (Wildman–Crippen LogP) is 2.63. The number of rotatable bonds is 7. The fourth-order valence-corrected chi connectivity index (χ4v) is 1.80. The van der Waals surface area contributed by atoms with Crippen LogP contribution in [0.3, 0.4) is 0 Å². The molecule has 0 aliphatic rings. The Labute approximate surface area is 119 Å². The van der Waals surface area contributed by atoms with Crippen molar-refractivity contribution in [3.05, 3.63) is 41.5 Å². The van der Waals surface area contributed by atoms with Gasteiger partial charge in [-0.2, -0.15) is 0 Å². The second-order valence-corrected chi connectivity index (χ2v) is 4.62. The van der Waals surface area contributed by atoms with Crippen molar-refractivity contribution in [1.29, 1.82) is 0 Å². The van der Waals surface area contributed by atoms with Gasteiger partial charge in [-0.15, -0.1) is 0 Å². The first-order valence-electron chi connectivity index (χ1n) is 6.87. The van der Waals surface area contributed by atoms with E-state index in [1.165, 1.54) is 11.6 Å². The Morgan fingerprint density at radius 1 is 1.25 bits per heavy atom. The van der Waals surface area contributed by atoms with Gasteiger partial charge in [0.2, 0.25) is 5.91 Å². The number of hydrogen-bond acceptors (Lipinski definition) is 2. The number of amides is 1. The molecule has 1 aromatic carbocycles. The topological polar surface area (TPSA) is 66.4 Å². The van der Waals surface area contributed by atoms with Gasteiger partial charge in [0.25, 0.3) is 0 Å². The van der Waals surface area contributed by atoms with Crippen molar-refractivity contribution in [3.8, 4) is 0 Å². The Kier molecular flexibility index (Phi) is 6.50. The van der Waals surface area contributed by atoms with Crippen LogP contribution in [-0.4, -0.2) is 23.0 Å². The molecule has 0 spiro atoms. The lowest BCUT2D eigenvalue weighted by molar-refractivity contribution is -0.141. The second kappa shape index (κ2) is 8.15. The van der Waals surface area contributed by atoms with Crippen LogP contribution in [0.5, 0.6) is 0 Å². The molecule has 1 rings (SSSR count). The number of aryl methyl sites for hydroxylation is 1. The van der Waals surface area contributed by atoms with Crippen molar-refractivity contribution in [2.45, 2.75) is 39.2 Å². The van der Waals surface area contributed by atoms with Crippen LogP contribution in [0.15, 0.2) is 30.3 Å². The number of carbonyl (C=O) groups is 2. The lowest BCUT2D eigenvalue weighted by atomic mass is 10.1. The molecular formula is C16H21NO3. The van der Waals surface area contributed by atoms with Gasteiger partial charge >= 0.3 is 5.97 Å². The standard InChI is InChI=1S/C16H21NO3/c1-3-5-14(16(19)20)17-15(18)11-10-13-8-6-12(4-2)7-9-13/h6-11,14H,3-5H2,1-2H3,(H,17,18)(H,19,20)/b11-10+/t14-/m1/s1. The number of benzene rings is 1. The third-order valence-corrected chi connectivity index (χ3v) is 3.01. The van der Waals surface area contributed by atoms with E-state index in [1.54, 1.807) is 6.08 Å². The number of carbonyl (C=O) groups excluding carboxylic acids is 1. The number of nitrogens with one attached hydrogen (secondary N) is 1. The van der Waals surface area contributed by atoms with Gasteiger partial charge in [-0.05, 0) is 30.0 Å². The molecule has 0 saturated heterocycles. The summed E-state index contributed by atoms with van der Waals surface area (Å²) in [5.41, 5.74) is 2.15. The summed E-state index contributed by atoms with van der Waals surface area (Å²) in [5, 5.41) is 11.4. The number of carboxylic acids is 1. The van der Waals surface area contributed by atoms with Gasteiger partial charge < -0.3 is 10.4 Å². The Morgan fingerprint density at radius 2 is 1.90 bits per heavy atom. The molecule has 4 heteroatoms. The highest BCUT2D eigenvalue weighted by atomic mass is 16.4. The largest absolute Gasteiger partial charge is 0.480 e. The van der Waals surface area contributed by atoms with Crippen LogP contribution in [0.4, 0.5) is 0 Å². The predicted molar refractivity (Wildman–Crippen MR) is 79.3 cm³/mol. The molecule has 1 amide bonds. The monoisotopic (exact) mass is 275 g/mol. The van der Waals surface area contributed by atoms with Crippen LogP contribution >= 0.6 is 0 Å². The van der Waals surface area contributed by atoms with Crippen molar-refractivity contribution in [1.82, 2.24) is 5.32 Å². The molecule has 1 atom stereocenters. The van der Waals surface area contributed by atoms with E-state index >= 15 is 0 Å². The molecular weight excluding hydrogens is 254 g/mol. The van der Waals surface area contributed by atoms with Crippen LogP contribution < -0.4 is 5.32 Å². The third kappa shape index (κ3) is 5.26. The first-order chi connectivity index (χ1) is 9.56. The average Bonchev–Trinajstić information content (AvgIpc) is 2.45. The normalized spacial score (nSPS) is 12.3. The quantitative estimate of drug-likeness (QED) is 0.752. The third-order valence-electron chi connectivity index (χ3n) is 3.01. The van der Waals surface area contributed by atoms with Gasteiger partial charge in [-0.1, -0.05) is 44.5 Å². The maximum Gasteiger partial charge on any atom is 0.326 e. The van der Waals surface area contributed by atoms with Gasteiger partial charge in [0.1, 0.15) is 6.04 Å². The van der Waals surface area contributed by atoms with Crippen molar-refractivity contribution in [3.63, 3.8) is 0 Å². The summed E-state index contributed by atoms with van der Waals surface area (Å²) in [6.45, 7) is 3.96. The molecule has 108 valence electrons. The van der Waals surface area contributed by atoms with E-state index in [9.17, 15) is 9.59 Å². The lowest BCUT2D eigenvalue weighted by Crippen LogP contribution is -2.39. The summed E-state index contributed by atoms with van der Waals surface area (Å²) in [6.07, 6.45) is 5.16. The number of aliphatic carboxylic acids is 1. The van der Waals surface area contributed by atoms with Gasteiger partial charge in [0.15, 0.2) is 0 Å². The minimum Gasteiger partial charge on any atom is -0.480 e. The summed E-state index contributed by atoms with van der Waals surface area (Å²) in [7, 11) is 0. The number of hydrogen-bond donors (Lipinski definition) is 2. The summed E-state index contributed by atoms with van der Waals surface area (Å²) in [5.74, 6) is -1.38. The van der Waals surface area contributed by atoms with Crippen molar-refractivity contribution in [2.24, 2.45) is 0 Å². The zero-order chi connectivity index (χ0) is 15.0. The Bertz CT molecular complexity index is 477. The van der Waals surface area contributed by atoms with Crippen LogP contribution in [0.1, 0.15) is 37.8 Å². The Hall–Kier alpha value is -2.10. The van der Waals surface area contributed by atoms with Crippen LogP contribution in [-0.2, 0) is 16.0 Å². The molecule has 0 aliphatic heterocycles. The fraction of sp³-hybridized carbons (Fsp3) is 0.375. The van der Waals surface area contributed by atoms with Gasteiger partial charge in [0.05, 0.1) is 0 Å². The second-order valence-electron chi connectivity index (χ2n) is 4.62. The first kappa shape index (κ1) is 16.0. The molecule has 2 N–H and O–H groups in total. The maximum atomic E-state index is 11.7. The summed E-state index contributed by atoms with van der Waals surface area (Å²) in [4.78, 5) is 22.6. The van der Waals surface area contributed by atoms with Crippen LogP contribution in [0, 0.1) is 0 Å².